The highest BCUT2D eigenvalue weighted by Gasteiger charge is 1.92. The molecule has 0 aliphatic carbocycles. The minimum atomic E-state index is 1.08. The van der Waals surface area contributed by atoms with Gasteiger partial charge in [-0.1, -0.05) is 6.92 Å². The molecule has 0 aromatic heterocycles. The Morgan fingerprint density at radius 3 is 2.56 bits per heavy atom. The van der Waals surface area contributed by atoms with Crippen LogP contribution in [0.3, 0.4) is 0 Å². The molecule has 0 atom stereocenters. The van der Waals surface area contributed by atoms with Gasteiger partial charge in [-0.2, -0.15) is 0 Å². The van der Waals surface area contributed by atoms with Gasteiger partial charge in [-0.25, -0.2) is 0 Å². The van der Waals surface area contributed by atoms with Crippen LogP contribution in [0.1, 0.15) is 13.3 Å². The predicted octanol–water partition coefficient (Wildman–Crippen LogP) is 1.27. The molecule has 0 aliphatic rings. The largest absolute Gasteiger partial charge is 0.305 e. The van der Waals surface area contributed by atoms with Gasteiger partial charge in [-0.05, 0) is 20.0 Å². The van der Waals surface area contributed by atoms with Crippen LogP contribution in [0.5, 0.6) is 0 Å². The van der Waals surface area contributed by atoms with E-state index in [1.807, 2.05) is 0 Å². The fourth-order valence-corrected chi connectivity index (χ4v) is 0.968. The Bertz CT molecular complexity index is 59.0. The standard InChI is InChI=1S/C6H15IN2/c1-3-5-9(2)6-4-8-7/h8H,3-6H2,1-2H3. The van der Waals surface area contributed by atoms with Crippen LogP contribution in [-0.2, 0) is 0 Å². The number of rotatable bonds is 5. The summed E-state index contributed by atoms with van der Waals surface area (Å²) in [5.74, 6) is 0. The van der Waals surface area contributed by atoms with E-state index in [-0.39, 0.29) is 0 Å². The molecule has 1 N–H and O–H groups in total. The maximum Gasteiger partial charge on any atom is 0.0178 e. The summed E-state index contributed by atoms with van der Waals surface area (Å²) < 4.78 is 3.09. The van der Waals surface area contributed by atoms with Crippen LogP contribution < -0.4 is 3.53 Å². The molecule has 0 unspecified atom stereocenters. The van der Waals surface area contributed by atoms with Crippen LogP contribution in [-0.4, -0.2) is 31.6 Å². The number of nitrogens with one attached hydrogen (secondary N) is 1. The van der Waals surface area contributed by atoms with Gasteiger partial charge in [-0.15, -0.1) is 0 Å². The highest BCUT2D eigenvalue weighted by molar-refractivity contribution is 14.1. The molecular formula is C6H15IN2. The van der Waals surface area contributed by atoms with E-state index >= 15 is 0 Å². The van der Waals surface area contributed by atoms with E-state index in [0.717, 1.165) is 13.1 Å². The van der Waals surface area contributed by atoms with Crippen LogP contribution in [0, 0.1) is 0 Å². The van der Waals surface area contributed by atoms with Crippen LogP contribution in [0.25, 0.3) is 0 Å². The molecule has 0 aromatic carbocycles. The molecule has 56 valence electrons. The first-order valence-corrected chi connectivity index (χ1v) is 4.41. The number of hydrogen-bond donors (Lipinski definition) is 1. The topological polar surface area (TPSA) is 15.3 Å². The van der Waals surface area contributed by atoms with Gasteiger partial charge in [0.1, 0.15) is 0 Å². The monoisotopic (exact) mass is 242 g/mol. The van der Waals surface area contributed by atoms with E-state index in [0.29, 0.717) is 0 Å². The lowest BCUT2D eigenvalue weighted by atomic mass is 10.4. The lowest BCUT2D eigenvalue weighted by Gasteiger charge is -2.13. The smallest absolute Gasteiger partial charge is 0.0178 e. The predicted molar refractivity (Wildman–Crippen MR) is 49.8 cm³/mol. The van der Waals surface area contributed by atoms with Gasteiger partial charge >= 0.3 is 0 Å². The highest BCUT2D eigenvalue weighted by atomic mass is 127. The molecule has 0 heterocycles. The van der Waals surface area contributed by atoms with Gasteiger partial charge in [0, 0.05) is 36.0 Å². The Kier molecular flexibility index (Phi) is 7.25. The van der Waals surface area contributed by atoms with Gasteiger partial charge < -0.3 is 4.90 Å². The lowest BCUT2D eigenvalue weighted by Crippen LogP contribution is -2.25. The number of hydrogen-bond acceptors (Lipinski definition) is 2. The molecule has 2 nitrogen and oxygen atoms in total. The Morgan fingerprint density at radius 2 is 2.11 bits per heavy atom. The highest BCUT2D eigenvalue weighted by Crippen LogP contribution is 1.84. The lowest BCUT2D eigenvalue weighted by molar-refractivity contribution is 0.342. The maximum atomic E-state index is 3.09. The van der Waals surface area contributed by atoms with Crippen molar-refractivity contribution < 1.29 is 0 Å². The molecule has 0 amide bonds. The third-order valence-electron chi connectivity index (χ3n) is 1.19. The van der Waals surface area contributed by atoms with Gasteiger partial charge in [0.15, 0.2) is 0 Å². The zero-order chi connectivity index (χ0) is 7.11. The van der Waals surface area contributed by atoms with Crippen LogP contribution in [0.4, 0.5) is 0 Å². The summed E-state index contributed by atoms with van der Waals surface area (Å²) in [4.78, 5) is 2.33. The first-order valence-electron chi connectivity index (χ1n) is 3.33. The van der Waals surface area contributed by atoms with E-state index in [4.69, 9.17) is 0 Å². The van der Waals surface area contributed by atoms with E-state index in [2.05, 4.69) is 45.3 Å². The molecule has 9 heavy (non-hydrogen) atoms. The quantitative estimate of drug-likeness (QED) is 0.577. The van der Waals surface area contributed by atoms with Crippen molar-refractivity contribution in [2.75, 3.05) is 26.7 Å². The molecular weight excluding hydrogens is 227 g/mol. The third kappa shape index (κ3) is 6.54. The van der Waals surface area contributed by atoms with Gasteiger partial charge in [0.25, 0.3) is 0 Å². The van der Waals surface area contributed by atoms with Crippen molar-refractivity contribution in [1.29, 1.82) is 0 Å². The molecule has 0 aromatic rings. The van der Waals surface area contributed by atoms with Crippen LogP contribution >= 0.6 is 22.9 Å². The van der Waals surface area contributed by atoms with E-state index in [1.54, 1.807) is 0 Å². The minimum absolute atomic E-state index is 1.08. The molecule has 0 aliphatic heterocycles. The van der Waals surface area contributed by atoms with Crippen molar-refractivity contribution in [2.24, 2.45) is 0 Å². The number of halogens is 1. The van der Waals surface area contributed by atoms with Gasteiger partial charge in [-0.3, -0.25) is 3.53 Å². The minimum Gasteiger partial charge on any atom is -0.305 e. The summed E-state index contributed by atoms with van der Waals surface area (Å²) >= 11 is 2.17. The van der Waals surface area contributed by atoms with Crippen LogP contribution in [0.15, 0.2) is 0 Å². The average molecular weight is 242 g/mol. The van der Waals surface area contributed by atoms with Gasteiger partial charge in [0.2, 0.25) is 0 Å². The summed E-state index contributed by atoms with van der Waals surface area (Å²) in [6.45, 7) is 5.64. The maximum absolute atomic E-state index is 3.09. The fourth-order valence-electron chi connectivity index (χ4n) is 0.727. The normalized spacial score (nSPS) is 10.7. The zero-order valence-electron chi connectivity index (χ0n) is 6.15. The second kappa shape index (κ2) is 6.77. The Balaban J connectivity index is 2.95. The first-order chi connectivity index (χ1) is 4.31. The third-order valence-corrected chi connectivity index (χ3v) is 1.73. The Hall–Kier alpha value is 0.650. The molecule has 0 rings (SSSR count). The Labute approximate surface area is 71.5 Å². The second-order valence-electron chi connectivity index (χ2n) is 2.19. The van der Waals surface area contributed by atoms with E-state index in [9.17, 15) is 0 Å². The zero-order valence-corrected chi connectivity index (χ0v) is 8.31. The number of likely N-dealkylation sites (N-methyl/N-ethyl adjacent to an activating group) is 1. The second-order valence-corrected chi connectivity index (χ2v) is 2.95. The molecule has 3 heteroatoms. The fraction of sp³-hybridized carbons (Fsp3) is 1.00. The average Bonchev–Trinajstić information content (AvgIpc) is 1.85. The molecule has 0 radical (unpaired) electrons. The van der Waals surface area contributed by atoms with Crippen LogP contribution in [0.2, 0.25) is 0 Å². The SMILES string of the molecule is CCCN(C)CCNI. The van der Waals surface area contributed by atoms with Gasteiger partial charge in [0.05, 0.1) is 0 Å². The Morgan fingerprint density at radius 1 is 1.44 bits per heavy atom. The molecule has 0 bridgehead atoms. The summed E-state index contributed by atoms with van der Waals surface area (Å²) in [7, 11) is 2.15. The van der Waals surface area contributed by atoms with Crippen molar-refractivity contribution in [3.63, 3.8) is 0 Å². The van der Waals surface area contributed by atoms with Crippen molar-refractivity contribution in [1.82, 2.24) is 8.43 Å². The molecule has 0 spiro atoms. The van der Waals surface area contributed by atoms with Crippen molar-refractivity contribution in [3.05, 3.63) is 0 Å². The molecule has 0 fully saturated rings. The van der Waals surface area contributed by atoms with E-state index in [1.165, 1.54) is 13.0 Å². The number of nitrogens with zero attached hydrogens (tertiary/aromatic N) is 1. The first kappa shape index (κ1) is 9.65. The summed E-state index contributed by atoms with van der Waals surface area (Å²) in [5, 5.41) is 0. The molecule has 0 saturated heterocycles. The van der Waals surface area contributed by atoms with Crippen molar-refractivity contribution >= 4 is 22.9 Å². The summed E-state index contributed by atoms with van der Waals surface area (Å²) in [5.41, 5.74) is 0. The summed E-state index contributed by atoms with van der Waals surface area (Å²) in [6, 6.07) is 0. The molecule has 0 saturated carbocycles. The van der Waals surface area contributed by atoms with Crippen molar-refractivity contribution in [3.8, 4) is 0 Å². The van der Waals surface area contributed by atoms with Crippen molar-refractivity contribution in [2.45, 2.75) is 13.3 Å². The van der Waals surface area contributed by atoms with E-state index < -0.39 is 0 Å². The summed E-state index contributed by atoms with van der Waals surface area (Å²) in [6.07, 6.45) is 1.25.